The van der Waals surface area contributed by atoms with Gasteiger partial charge >= 0.3 is 0 Å². The SMILES string of the molecule is C[C@H](Cc1csc2ccccc12)NS(=O)(=O)c1ccc(OCC(N)=O)cc1. The van der Waals surface area contributed by atoms with E-state index < -0.39 is 15.9 Å². The highest BCUT2D eigenvalue weighted by atomic mass is 32.2. The standard InChI is InChI=1S/C19H20N2O4S2/c1-13(10-14-12-26-18-5-3-2-4-17(14)18)21-27(23,24)16-8-6-15(7-9-16)25-11-19(20)22/h2-9,12-13,21H,10-11H2,1H3,(H2,20,22)/t13-/m1/s1. The van der Waals surface area contributed by atoms with E-state index in [1.165, 1.54) is 29.0 Å². The number of sulfonamides is 1. The fourth-order valence-electron chi connectivity index (χ4n) is 2.76. The summed E-state index contributed by atoms with van der Waals surface area (Å²) in [5.41, 5.74) is 6.14. The fraction of sp³-hybridized carbons (Fsp3) is 0.211. The lowest BCUT2D eigenvalue weighted by molar-refractivity contribution is -0.119. The molecular weight excluding hydrogens is 384 g/mol. The van der Waals surface area contributed by atoms with E-state index >= 15 is 0 Å². The lowest BCUT2D eigenvalue weighted by Gasteiger charge is -2.14. The highest BCUT2D eigenvalue weighted by molar-refractivity contribution is 7.89. The van der Waals surface area contributed by atoms with Crippen LogP contribution in [0.2, 0.25) is 0 Å². The van der Waals surface area contributed by atoms with Crippen LogP contribution >= 0.6 is 11.3 Å². The van der Waals surface area contributed by atoms with Gasteiger partial charge in [-0.15, -0.1) is 11.3 Å². The van der Waals surface area contributed by atoms with Gasteiger partial charge in [-0.2, -0.15) is 0 Å². The van der Waals surface area contributed by atoms with E-state index in [4.69, 9.17) is 10.5 Å². The third-order valence-corrected chi connectivity index (χ3v) is 6.58. The number of carbonyl (C=O) groups is 1. The second kappa shape index (κ2) is 8.08. The molecule has 3 aromatic rings. The maximum Gasteiger partial charge on any atom is 0.255 e. The predicted molar refractivity (Wildman–Crippen MR) is 106 cm³/mol. The summed E-state index contributed by atoms with van der Waals surface area (Å²) >= 11 is 1.65. The number of amides is 1. The van der Waals surface area contributed by atoms with Crippen LogP contribution in [0.3, 0.4) is 0 Å². The molecule has 3 N–H and O–H groups in total. The molecule has 1 atom stereocenters. The van der Waals surface area contributed by atoms with Crippen molar-refractivity contribution < 1.29 is 17.9 Å². The Hall–Kier alpha value is -2.42. The van der Waals surface area contributed by atoms with Crippen molar-refractivity contribution in [3.8, 4) is 5.75 Å². The van der Waals surface area contributed by atoms with Crippen molar-refractivity contribution in [3.05, 3.63) is 59.5 Å². The van der Waals surface area contributed by atoms with Gasteiger partial charge in [0.05, 0.1) is 4.90 Å². The summed E-state index contributed by atoms with van der Waals surface area (Å²) < 4.78 is 34.2. The van der Waals surface area contributed by atoms with Crippen LogP contribution in [0.15, 0.2) is 58.8 Å². The molecule has 0 radical (unpaired) electrons. The number of primary amides is 1. The second-order valence-electron chi connectivity index (χ2n) is 6.21. The van der Waals surface area contributed by atoms with E-state index in [0.717, 1.165) is 10.9 Å². The Labute approximate surface area is 162 Å². The third kappa shape index (κ3) is 4.85. The van der Waals surface area contributed by atoms with Gasteiger partial charge in [0.25, 0.3) is 5.91 Å². The number of nitrogens with one attached hydrogen (secondary N) is 1. The molecule has 0 unspecified atom stereocenters. The van der Waals surface area contributed by atoms with Gasteiger partial charge in [0, 0.05) is 10.7 Å². The van der Waals surface area contributed by atoms with Crippen LogP contribution in [0.25, 0.3) is 10.1 Å². The summed E-state index contributed by atoms with van der Waals surface area (Å²) in [6, 6.07) is 13.7. The Morgan fingerprint density at radius 2 is 1.89 bits per heavy atom. The number of hydrogen-bond acceptors (Lipinski definition) is 5. The summed E-state index contributed by atoms with van der Waals surface area (Å²) in [5.74, 6) is -0.214. The van der Waals surface area contributed by atoms with Crippen LogP contribution in [0.5, 0.6) is 5.75 Å². The van der Waals surface area contributed by atoms with Gasteiger partial charge in [-0.05, 0) is 60.0 Å². The summed E-state index contributed by atoms with van der Waals surface area (Å²) in [4.78, 5) is 10.9. The molecule has 1 heterocycles. The van der Waals surface area contributed by atoms with Crippen LogP contribution in [0, 0.1) is 0 Å². The van der Waals surface area contributed by atoms with Gasteiger partial charge < -0.3 is 10.5 Å². The first-order valence-corrected chi connectivity index (χ1v) is 10.7. The number of rotatable bonds is 8. The Kier molecular flexibility index (Phi) is 5.79. The monoisotopic (exact) mass is 404 g/mol. The van der Waals surface area contributed by atoms with E-state index in [2.05, 4.69) is 16.2 Å². The Morgan fingerprint density at radius 3 is 2.59 bits per heavy atom. The summed E-state index contributed by atoms with van der Waals surface area (Å²) in [5, 5.41) is 3.23. The molecule has 0 aliphatic carbocycles. The van der Waals surface area contributed by atoms with Crippen LogP contribution in [-0.4, -0.2) is 27.0 Å². The minimum Gasteiger partial charge on any atom is -0.484 e. The fourth-order valence-corrected chi connectivity index (χ4v) is 4.98. The van der Waals surface area contributed by atoms with Crippen molar-refractivity contribution in [1.29, 1.82) is 0 Å². The topological polar surface area (TPSA) is 98.5 Å². The predicted octanol–water partition coefficient (Wildman–Crippen LogP) is 2.67. The highest BCUT2D eigenvalue weighted by Crippen LogP contribution is 2.26. The Balaban J connectivity index is 1.67. The van der Waals surface area contributed by atoms with Crippen LogP contribution in [-0.2, 0) is 21.2 Å². The molecule has 0 saturated heterocycles. The van der Waals surface area contributed by atoms with Crippen molar-refractivity contribution in [3.63, 3.8) is 0 Å². The van der Waals surface area contributed by atoms with Crippen LogP contribution in [0.1, 0.15) is 12.5 Å². The van der Waals surface area contributed by atoms with Gasteiger partial charge in [0.2, 0.25) is 10.0 Å². The van der Waals surface area contributed by atoms with E-state index in [9.17, 15) is 13.2 Å². The quantitative estimate of drug-likeness (QED) is 0.603. The van der Waals surface area contributed by atoms with Crippen LogP contribution < -0.4 is 15.2 Å². The molecule has 3 rings (SSSR count). The van der Waals surface area contributed by atoms with Gasteiger partial charge in [-0.25, -0.2) is 13.1 Å². The van der Waals surface area contributed by atoms with Gasteiger partial charge in [-0.1, -0.05) is 18.2 Å². The normalized spacial score (nSPS) is 12.8. The first-order chi connectivity index (χ1) is 12.8. The zero-order valence-corrected chi connectivity index (χ0v) is 16.3. The summed E-state index contributed by atoms with van der Waals surface area (Å²) in [6.45, 7) is 1.59. The van der Waals surface area contributed by atoms with Gasteiger partial charge in [0.15, 0.2) is 6.61 Å². The second-order valence-corrected chi connectivity index (χ2v) is 8.84. The molecule has 1 amide bonds. The first-order valence-electron chi connectivity index (χ1n) is 8.34. The molecule has 0 spiro atoms. The van der Waals surface area contributed by atoms with E-state index in [1.54, 1.807) is 11.3 Å². The molecule has 0 saturated carbocycles. The number of thiophene rings is 1. The van der Waals surface area contributed by atoms with Crippen molar-refractivity contribution in [2.45, 2.75) is 24.3 Å². The van der Waals surface area contributed by atoms with Crippen molar-refractivity contribution in [1.82, 2.24) is 4.72 Å². The minimum atomic E-state index is -3.66. The molecule has 142 valence electrons. The zero-order valence-electron chi connectivity index (χ0n) is 14.7. The molecule has 0 bridgehead atoms. The molecule has 6 nitrogen and oxygen atoms in total. The number of fused-ring (bicyclic) bond motifs is 1. The number of ether oxygens (including phenoxy) is 1. The Bertz CT molecular complexity index is 1040. The van der Waals surface area contributed by atoms with Crippen molar-refractivity contribution in [2.75, 3.05) is 6.61 Å². The molecule has 0 aliphatic heterocycles. The van der Waals surface area contributed by atoms with Crippen LogP contribution in [0.4, 0.5) is 0 Å². The summed E-state index contributed by atoms with van der Waals surface area (Å²) in [7, 11) is -3.66. The molecule has 8 heteroatoms. The number of carbonyl (C=O) groups excluding carboxylic acids is 1. The average molecular weight is 405 g/mol. The molecular formula is C19H20N2O4S2. The van der Waals surface area contributed by atoms with Crippen molar-refractivity contribution >= 4 is 37.4 Å². The highest BCUT2D eigenvalue weighted by Gasteiger charge is 2.18. The molecule has 0 aliphatic rings. The maximum atomic E-state index is 12.6. The summed E-state index contributed by atoms with van der Waals surface area (Å²) in [6.07, 6.45) is 0.600. The first kappa shape index (κ1) is 19.3. The van der Waals surface area contributed by atoms with Crippen molar-refractivity contribution in [2.24, 2.45) is 5.73 Å². The lowest BCUT2D eigenvalue weighted by atomic mass is 10.1. The Morgan fingerprint density at radius 1 is 1.19 bits per heavy atom. The lowest BCUT2D eigenvalue weighted by Crippen LogP contribution is -2.34. The van der Waals surface area contributed by atoms with E-state index in [0.29, 0.717) is 12.2 Å². The van der Waals surface area contributed by atoms with E-state index in [1.807, 2.05) is 25.1 Å². The largest absolute Gasteiger partial charge is 0.484 e. The van der Waals surface area contributed by atoms with Gasteiger partial charge in [-0.3, -0.25) is 4.79 Å². The molecule has 2 aromatic carbocycles. The minimum absolute atomic E-state index is 0.135. The zero-order chi connectivity index (χ0) is 19.4. The smallest absolute Gasteiger partial charge is 0.255 e. The number of nitrogens with two attached hydrogens (primary N) is 1. The third-order valence-electron chi connectivity index (χ3n) is 3.96. The molecule has 1 aromatic heterocycles. The molecule has 0 fully saturated rings. The number of benzene rings is 2. The number of hydrogen-bond donors (Lipinski definition) is 2. The maximum absolute atomic E-state index is 12.6. The van der Waals surface area contributed by atoms with Gasteiger partial charge in [0.1, 0.15) is 5.75 Å². The molecule has 27 heavy (non-hydrogen) atoms. The van der Waals surface area contributed by atoms with E-state index in [-0.39, 0.29) is 17.5 Å². The average Bonchev–Trinajstić information content (AvgIpc) is 3.03.